The van der Waals surface area contributed by atoms with Crippen LogP contribution in [0.25, 0.3) is 0 Å². The molecule has 5 nitrogen and oxygen atoms in total. The van der Waals surface area contributed by atoms with Gasteiger partial charge in [-0.25, -0.2) is 4.79 Å². The normalized spacial score (nSPS) is 12.1. The molecule has 5 heteroatoms. The Morgan fingerprint density at radius 1 is 1.25 bits per heavy atom. The van der Waals surface area contributed by atoms with Crippen molar-refractivity contribution < 1.29 is 19.8 Å². The van der Waals surface area contributed by atoms with Gasteiger partial charge in [0.2, 0.25) is 5.91 Å². The summed E-state index contributed by atoms with van der Waals surface area (Å²) in [5.74, 6) is -1.30. The molecule has 0 saturated heterocycles. The van der Waals surface area contributed by atoms with Gasteiger partial charge in [0.1, 0.15) is 6.04 Å². The number of nitrogens with one attached hydrogen (secondary N) is 1. The van der Waals surface area contributed by atoms with E-state index in [9.17, 15) is 9.59 Å². The van der Waals surface area contributed by atoms with Crippen LogP contribution in [0.3, 0.4) is 0 Å². The number of aliphatic hydroxyl groups is 1. The summed E-state index contributed by atoms with van der Waals surface area (Å²) >= 11 is 0. The van der Waals surface area contributed by atoms with Gasteiger partial charge in [0, 0.05) is 13.0 Å². The molecule has 0 aromatic heterocycles. The maximum absolute atomic E-state index is 11.3. The number of hydrogen-bond donors (Lipinski definition) is 3. The SMILES string of the molecule is CCCCCC(NC(=O)CCCO)C(=O)O. The highest BCUT2D eigenvalue weighted by Crippen LogP contribution is 2.04. The summed E-state index contributed by atoms with van der Waals surface area (Å²) in [6.07, 6.45) is 3.80. The molecule has 0 aliphatic heterocycles. The summed E-state index contributed by atoms with van der Waals surface area (Å²) in [4.78, 5) is 22.1. The van der Waals surface area contributed by atoms with E-state index in [1.54, 1.807) is 0 Å². The third-order valence-corrected chi connectivity index (χ3v) is 2.29. The van der Waals surface area contributed by atoms with Crippen LogP contribution in [0.1, 0.15) is 45.4 Å². The molecule has 0 rings (SSSR count). The average molecular weight is 231 g/mol. The van der Waals surface area contributed by atoms with Crippen LogP contribution in [0.15, 0.2) is 0 Å². The Kier molecular flexibility index (Phi) is 8.52. The van der Waals surface area contributed by atoms with E-state index < -0.39 is 12.0 Å². The fraction of sp³-hybridized carbons (Fsp3) is 0.818. The van der Waals surface area contributed by atoms with Gasteiger partial charge in [-0.3, -0.25) is 4.79 Å². The van der Waals surface area contributed by atoms with Crippen molar-refractivity contribution >= 4 is 11.9 Å². The first-order valence-corrected chi connectivity index (χ1v) is 5.74. The lowest BCUT2D eigenvalue weighted by Gasteiger charge is -2.13. The largest absolute Gasteiger partial charge is 0.480 e. The molecule has 1 unspecified atom stereocenters. The highest BCUT2D eigenvalue weighted by molar-refractivity contribution is 5.83. The number of carbonyl (C=O) groups is 2. The van der Waals surface area contributed by atoms with Gasteiger partial charge in [-0.05, 0) is 12.8 Å². The molecule has 16 heavy (non-hydrogen) atoms. The van der Waals surface area contributed by atoms with Crippen molar-refractivity contribution in [1.29, 1.82) is 0 Å². The highest BCUT2D eigenvalue weighted by atomic mass is 16.4. The predicted molar refractivity (Wildman–Crippen MR) is 60.0 cm³/mol. The minimum absolute atomic E-state index is 0.0546. The second-order valence-corrected chi connectivity index (χ2v) is 3.78. The number of aliphatic hydroxyl groups excluding tert-OH is 1. The zero-order chi connectivity index (χ0) is 12.4. The van der Waals surface area contributed by atoms with Crippen LogP contribution in [0.2, 0.25) is 0 Å². The number of aliphatic carboxylic acids is 1. The zero-order valence-electron chi connectivity index (χ0n) is 9.74. The lowest BCUT2D eigenvalue weighted by Crippen LogP contribution is -2.40. The van der Waals surface area contributed by atoms with Crippen LogP contribution in [-0.4, -0.2) is 34.7 Å². The van der Waals surface area contributed by atoms with Gasteiger partial charge >= 0.3 is 5.97 Å². The summed E-state index contributed by atoms with van der Waals surface area (Å²) in [5.41, 5.74) is 0. The standard InChI is InChI=1S/C11H21NO4/c1-2-3-4-6-9(11(15)16)12-10(14)7-5-8-13/h9,13H,2-8H2,1H3,(H,12,14)(H,15,16). The average Bonchev–Trinajstić information content (AvgIpc) is 2.25. The number of unbranched alkanes of at least 4 members (excludes halogenated alkanes) is 2. The van der Waals surface area contributed by atoms with Gasteiger partial charge in [-0.2, -0.15) is 0 Å². The fourth-order valence-electron chi connectivity index (χ4n) is 1.36. The minimum atomic E-state index is -0.992. The zero-order valence-corrected chi connectivity index (χ0v) is 9.74. The fourth-order valence-corrected chi connectivity index (χ4v) is 1.36. The Morgan fingerprint density at radius 2 is 1.94 bits per heavy atom. The van der Waals surface area contributed by atoms with Gasteiger partial charge < -0.3 is 15.5 Å². The van der Waals surface area contributed by atoms with Gasteiger partial charge in [0.15, 0.2) is 0 Å². The van der Waals surface area contributed by atoms with Gasteiger partial charge in [0.25, 0.3) is 0 Å². The molecular weight excluding hydrogens is 210 g/mol. The van der Waals surface area contributed by atoms with Crippen LogP contribution in [0.4, 0.5) is 0 Å². The molecule has 1 atom stereocenters. The number of carboxylic acid groups (broad SMARTS) is 1. The molecule has 0 fully saturated rings. The Labute approximate surface area is 95.9 Å². The molecular formula is C11H21NO4. The van der Waals surface area contributed by atoms with E-state index in [4.69, 9.17) is 10.2 Å². The van der Waals surface area contributed by atoms with Gasteiger partial charge in [-0.1, -0.05) is 26.2 Å². The quantitative estimate of drug-likeness (QED) is 0.515. The van der Waals surface area contributed by atoms with Gasteiger partial charge in [0.05, 0.1) is 0 Å². The van der Waals surface area contributed by atoms with Crippen LogP contribution in [0.5, 0.6) is 0 Å². The number of hydrogen-bond acceptors (Lipinski definition) is 3. The Morgan fingerprint density at radius 3 is 2.44 bits per heavy atom. The molecule has 0 bridgehead atoms. The summed E-state index contributed by atoms with van der Waals surface area (Å²) in [6.45, 7) is 1.98. The lowest BCUT2D eigenvalue weighted by molar-refractivity contribution is -0.142. The molecule has 0 saturated carbocycles. The number of carboxylic acids is 1. The molecule has 1 amide bonds. The molecule has 0 heterocycles. The maximum Gasteiger partial charge on any atom is 0.326 e. The molecule has 0 aliphatic rings. The molecule has 0 radical (unpaired) electrons. The highest BCUT2D eigenvalue weighted by Gasteiger charge is 2.18. The summed E-state index contributed by atoms with van der Waals surface area (Å²) in [7, 11) is 0. The van der Waals surface area contributed by atoms with E-state index in [0.717, 1.165) is 19.3 Å². The smallest absolute Gasteiger partial charge is 0.326 e. The van der Waals surface area contributed by atoms with Crippen LogP contribution >= 0.6 is 0 Å². The first-order chi connectivity index (χ1) is 7.61. The Bertz CT molecular complexity index is 218. The Balaban J connectivity index is 3.92. The number of rotatable bonds is 9. The molecule has 94 valence electrons. The number of amides is 1. The van der Waals surface area contributed by atoms with E-state index >= 15 is 0 Å². The topological polar surface area (TPSA) is 86.6 Å². The first-order valence-electron chi connectivity index (χ1n) is 5.74. The van der Waals surface area contributed by atoms with Crippen molar-refractivity contribution in [3.8, 4) is 0 Å². The van der Waals surface area contributed by atoms with E-state index in [1.165, 1.54) is 0 Å². The molecule has 3 N–H and O–H groups in total. The van der Waals surface area contributed by atoms with Crippen molar-refractivity contribution in [2.75, 3.05) is 6.61 Å². The molecule has 0 aromatic carbocycles. The minimum Gasteiger partial charge on any atom is -0.480 e. The van der Waals surface area contributed by atoms with E-state index in [1.807, 2.05) is 6.92 Å². The molecule has 0 aliphatic carbocycles. The summed E-state index contributed by atoms with van der Waals surface area (Å²) in [6, 6.07) is -0.794. The van der Waals surface area contributed by atoms with Crippen molar-refractivity contribution in [3.63, 3.8) is 0 Å². The summed E-state index contributed by atoms with van der Waals surface area (Å²) < 4.78 is 0. The monoisotopic (exact) mass is 231 g/mol. The van der Waals surface area contributed by atoms with E-state index in [0.29, 0.717) is 12.8 Å². The van der Waals surface area contributed by atoms with Crippen LogP contribution in [0, 0.1) is 0 Å². The van der Waals surface area contributed by atoms with E-state index in [2.05, 4.69) is 5.32 Å². The second kappa shape index (κ2) is 9.15. The third kappa shape index (κ3) is 7.23. The van der Waals surface area contributed by atoms with Gasteiger partial charge in [-0.15, -0.1) is 0 Å². The van der Waals surface area contributed by atoms with E-state index in [-0.39, 0.29) is 18.9 Å². The second-order valence-electron chi connectivity index (χ2n) is 3.78. The van der Waals surface area contributed by atoms with Crippen molar-refractivity contribution in [2.24, 2.45) is 0 Å². The molecule has 0 spiro atoms. The van der Waals surface area contributed by atoms with Crippen LogP contribution < -0.4 is 5.32 Å². The lowest BCUT2D eigenvalue weighted by atomic mass is 10.1. The Hall–Kier alpha value is -1.10. The maximum atomic E-state index is 11.3. The first kappa shape index (κ1) is 14.9. The predicted octanol–water partition coefficient (Wildman–Crippen LogP) is 0.909. The van der Waals surface area contributed by atoms with Crippen LogP contribution in [-0.2, 0) is 9.59 Å². The van der Waals surface area contributed by atoms with Crippen molar-refractivity contribution in [2.45, 2.75) is 51.5 Å². The molecule has 0 aromatic rings. The number of carbonyl (C=O) groups excluding carboxylic acids is 1. The van der Waals surface area contributed by atoms with Crippen molar-refractivity contribution in [3.05, 3.63) is 0 Å². The van der Waals surface area contributed by atoms with Crippen molar-refractivity contribution in [1.82, 2.24) is 5.32 Å². The third-order valence-electron chi connectivity index (χ3n) is 2.29. The summed E-state index contributed by atoms with van der Waals surface area (Å²) in [5, 5.41) is 19.9.